The van der Waals surface area contributed by atoms with Crippen LogP contribution in [0.4, 0.5) is 0 Å². The van der Waals surface area contributed by atoms with Gasteiger partial charge < -0.3 is 9.97 Å². The lowest BCUT2D eigenvalue weighted by molar-refractivity contribution is 1.47. The predicted molar refractivity (Wildman–Crippen MR) is 149 cm³/mol. The zero-order valence-corrected chi connectivity index (χ0v) is 19.5. The smallest absolute Gasteiger partial charge is 0.124 e. The van der Waals surface area contributed by atoms with Gasteiger partial charge in [-0.15, -0.1) is 11.3 Å². The predicted octanol–water partition coefficient (Wildman–Crippen LogP) is 8.90. The van der Waals surface area contributed by atoms with Crippen LogP contribution in [0.25, 0.3) is 75.5 Å². The van der Waals surface area contributed by atoms with Gasteiger partial charge in [0.25, 0.3) is 0 Å². The van der Waals surface area contributed by atoms with Crippen LogP contribution < -0.4 is 0 Å². The van der Waals surface area contributed by atoms with E-state index in [9.17, 15) is 0 Å². The van der Waals surface area contributed by atoms with E-state index in [-0.39, 0.29) is 0 Å². The fourth-order valence-electron chi connectivity index (χ4n) is 5.31. The quantitative estimate of drug-likeness (QED) is 0.263. The summed E-state index contributed by atoms with van der Waals surface area (Å²) < 4.78 is 1.21. The van der Waals surface area contributed by atoms with Gasteiger partial charge in [0.2, 0.25) is 0 Å². The van der Waals surface area contributed by atoms with E-state index in [1.54, 1.807) is 11.3 Å². The van der Waals surface area contributed by atoms with Crippen LogP contribution in [0.1, 0.15) is 0 Å². The number of para-hydroxylation sites is 2. The Bertz CT molecular complexity index is 2060. The van der Waals surface area contributed by atoms with Gasteiger partial charge in [-0.3, -0.25) is 0 Å². The van der Waals surface area contributed by atoms with Crippen molar-refractivity contribution in [3.63, 3.8) is 0 Å². The van der Waals surface area contributed by atoms with Crippen molar-refractivity contribution < 1.29 is 0 Å². The number of benzene rings is 5. The van der Waals surface area contributed by atoms with Crippen LogP contribution in [-0.2, 0) is 0 Å². The van der Waals surface area contributed by atoms with Gasteiger partial charge in [-0.05, 0) is 35.9 Å². The highest BCUT2D eigenvalue weighted by Crippen LogP contribution is 2.38. The van der Waals surface area contributed by atoms with Crippen LogP contribution in [0.2, 0.25) is 0 Å². The van der Waals surface area contributed by atoms with E-state index in [1.807, 2.05) is 6.07 Å². The normalized spacial score (nSPS) is 12.0. The van der Waals surface area contributed by atoms with Gasteiger partial charge >= 0.3 is 0 Å². The number of hydrogen-bond donors (Lipinski definition) is 2. The molecule has 3 heterocycles. The first kappa shape index (κ1) is 19.0. The molecule has 4 heteroatoms. The van der Waals surface area contributed by atoms with Crippen molar-refractivity contribution in [2.75, 3.05) is 0 Å². The van der Waals surface area contributed by atoms with Crippen molar-refractivity contribution >= 4 is 65.2 Å². The number of nitrogens with one attached hydrogen (secondary N) is 2. The molecule has 8 rings (SSSR count). The van der Waals surface area contributed by atoms with Gasteiger partial charge in [0.1, 0.15) is 5.01 Å². The summed E-state index contributed by atoms with van der Waals surface area (Å²) in [6, 6.07) is 36.7. The van der Waals surface area contributed by atoms with Crippen LogP contribution in [-0.4, -0.2) is 15.0 Å². The number of aromatic amines is 2. The molecule has 0 radical (unpaired) electrons. The summed E-state index contributed by atoms with van der Waals surface area (Å²) >= 11 is 1.75. The molecule has 0 atom stereocenters. The Balaban J connectivity index is 1.34. The Kier molecular flexibility index (Phi) is 3.82. The van der Waals surface area contributed by atoms with E-state index < -0.39 is 0 Å². The molecule has 0 amide bonds. The van der Waals surface area contributed by atoms with Crippen molar-refractivity contribution in [2.45, 2.75) is 0 Å². The van der Waals surface area contributed by atoms with Gasteiger partial charge in [0.15, 0.2) is 0 Å². The number of hydrogen-bond acceptors (Lipinski definition) is 2. The first-order chi connectivity index (χ1) is 17.3. The number of aromatic nitrogens is 3. The average Bonchev–Trinajstić information content (AvgIpc) is 3.60. The molecule has 2 N–H and O–H groups in total. The lowest BCUT2D eigenvalue weighted by Gasteiger charge is -2.05. The van der Waals surface area contributed by atoms with Gasteiger partial charge in [-0.25, -0.2) is 4.98 Å². The van der Waals surface area contributed by atoms with Gasteiger partial charge in [0.05, 0.1) is 15.7 Å². The Labute approximate surface area is 204 Å². The largest absolute Gasteiger partial charge is 0.354 e. The highest BCUT2D eigenvalue weighted by Gasteiger charge is 2.14. The lowest BCUT2D eigenvalue weighted by atomic mass is 10.00. The SMILES string of the molecule is c1ccc(-c2nc3cc4[nH]c5ccc(-c6cccc7c6[nH]c6ccccc67)cc5c4cc3s2)cc1. The van der Waals surface area contributed by atoms with Crippen molar-refractivity contribution in [3.8, 4) is 21.7 Å². The minimum Gasteiger partial charge on any atom is -0.354 e. The maximum atomic E-state index is 4.92. The van der Waals surface area contributed by atoms with Gasteiger partial charge in [-0.2, -0.15) is 0 Å². The number of nitrogens with zero attached hydrogens (tertiary/aromatic N) is 1. The molecule has 0 unspecified atom stereocenters. The third-order valence-corrected chi connectivity index (χ3v) is 8.05. The van der Waals surface area contributed by atoms with Crippen LogP contribution in [0.3, 0.4) is 0 Å². The van der Waals surface area contributed by atoms with Crippen molar-refractivity contribution in [1.29, 1.82) is 0 Å². The molecular weight excluding hydrogens is 446 g/mol. The summed E-state index contributed by atoms with van der Waals surface area (Å²) in [6.45, 7) is 0. The molecule has 3 nitrogen and oxygen atoms in total. The average molecular weight is 466 g/mol. The highest BCUT2D eigenvalue weighted by atomic mass is 32.1. The van der Waals surface area contributed by atoms with E-state index in [2.05, 4.69) is 107 Å². The van der Waals surface area contributed by atoms with Crippen molar-refractivity contribution in [2.24, 2.45) is 0 Å². The number of thiazole rings is 1. The molecule has 35 heavy (non-hydrogen) atoms. The van der Waals surface area contributed by atoms with Crippen LogP contribution in [0, 0.1) is 0 Å². The summed E-state index contributed by atoms with van der Waals surface area (Å²) in [4.78, 5) is 12.2. The number of H-pyrrole nitrogens is 2. The van der Waals surface area contributed by atoms with Crippen molar-refractivity contribution in [3.05, 3.63) is 103 Å². The number of rotatable bonds is 2. The highest BCUT2D eigenvalue weighted by molar-refractivity contribution is 7.21. The minimum atomic E-state index is 1.04. The molecule has 0 bridgehead atoms. The molecular formula is C31H19N3S. The van der Waals surface area contributed by atoms with Crippen LogP contribution in [0.5, 0.6) is 0 Å². The van der Waals surface area contributed by atoms with Crippen molar-refractivity contribution in [1.82, 2.24) is 15.0 Å². The molecule has 8 aromatic rings. The summed E-state index contributed by atoms with van der Waals surface area (Å²) in [5, 5.41) is 6.06. The van der Waals surface area contributed by atoms with E-state index in [1.165, 1.54) is 48.4 Å². The topological polar surface area (TPSA) is 44.5 Å². The summed E-state index contributed by atoms with van der Waals surface area (Å²) in [7, 11) is 0. The molecule has 164 valence electrons. The van der Waals surface area contributed by atoms with E-state index >= 15 is 0 Å². The lowest BCUT2D eigenvalue weighted by Crippen LogP contribution is -1.81. The molecule has 0 aliphatic rings. The summed E-state index contributed by atoms with van der Waals surface area (Å²) in [5.41, 5.74) is 9.26. The van der Waals surface area contributed by atoms with Crippen LogP contribution in [0.15, 0.2) is 103 Å². The third-order valence-electron chi connectivity index (χ3n) is 6.98. The standard InChI is InChI=1S/C31H19N3S/c1-2-7-18(8-3-1)31-34-28-17-27-24(16-29(28)35-31)23-15-19(13-14-26(23)32-27)20-10-6-11-22-21-9-4-5-12-25(21)33-30(20)22/h1-17,32-33H. The van der Waals surface area contributed by atoms with Crippen LogP contribution >= 0.6 is 11.3 Å². The minimum absolute atomic E-state index is 1.04. The monoisotopic (exact) mass is 465 g/mol. The molecule has 0 aliphatic carbocycles. The third kappa shape index (κ3) is 2.81. The maximum absolute atomic E-state index is 4.92. The second-order valence-corrected chi connectivity index (χ2v) is 10.1. The second kappa shape index (κ2) is 7.05. The molecule has 0 saturated carbocycles. The zero-order chi connectivity index (χ0) is 22.9. The maximum Gasteiger partial charge on any atom is 0.124 e. The first-order valence-corrected chi connectivity index (χ1v) is 12.5. The Morgan fingerprint density at radius 1 is 0.543 bits per heavy atom. The van der Waals surface area contributed by atoms with E-state index in [0.29, 0.717) is 0 Å². The second-order valence-electron chi connectivity index (χ2n) is 9.03. The Morgan fingerprint density at radius 3 is 2.29 bits per heavy atom. The molecule has 5 aromatic carbocycles. The zero-order valence-electron chi connectivity index (χ0n) is 18.7. The Hall–Kier alpha value is -4.41. The molecule has 0 spiro atoms. The van der Waals surface area contributed by atoms with E-state index in [4.69, 9.17) is 4.98 Å². The fourth-order valence-corrected chi connectivity index (χ4v) is 6.30. The first-order valence-electron chi connectivity index (χ1n) is 11.7. The number of fused-ring (bicyclic) bond motifs is 7. The Morgan fingerprint density at radius 2 is 1.34 bits per heavy atom. The van der Waals surface area contributed by atoms with Gasteiger partial charge in [0, 0.05) is 49.2 Å². The molecule has 0 aliphatic heterocycles. The fraction of sp³-hybridized carbons (Fsp3) is 0. The summed E-state index contributed by atoms with van der Waals surface area (Å²) in [6.07, 6.45) is 0. The molecule has 0 fully saturated rings. The molecule has 0 saturated heterocycles. The van der Waals surface area contributed by atoms with E-state index in [0.717, 1.165) is 27.1 Å². The summed E-state index contributed by atoms with van der Waals surface area (Å²) in [5.74, 6) is 0. The molecule has 3 aromatic heterocycles. The van der Waals surface area contributed by atoms with Gasteiger partial charge in [-0.1, -0.05) is 72.8 Å².